The van der Waals surface area contributed by atoms with Gasteiger partial charge in [-0.25, -0.2) is 8.42 Å². The van der Waals surface area contributed by atoms with Gasteiger partial charge in [-0.1, -0.05) is 32.3 Å². The van der Waals surface area contributed by atoms with Gasteiger partial charge in [0, 0.05) is 5.56 Å². The minimum absolute atomic E-state index is 0.139. The fourth-order valence-corrected chi connectivity index (χ4v) is 3.91. The van der Waals surface area contributed by atoms with Crippen molar-refractivity contribution < 1.29 is 17.9 Å². The number of nitrogens with one attached hydrogen (secondary N) is 2. The lowest BCUT2D eigenvalue weighted by atomic mass is 10.2. The van der Waals surface area contributed by atoms with Crippen LogP contribution in [0.15, 0.2) is 46.0 Å². The summed E-state index contributed by atoms with van der Waals surface area (Å²) in [5.74, 6) is 0.154. The zero-order chi connectivity index (χ0) is 18.1. The lowest BCUT2D eigenvalue weighted by molar-refractivity contribution is 0.0945. The summed E-state index contributed by atoms with van der Waals surface area (Å²) in [6.45, 7) is 2.80. The normalized spacial score (nSPS) is 11.2. The van der Waals surface area contributed by atoms with E-state index in [-0.39, 0.29) is 4.21 Å². The van der Waals surface area contributed by atoms with Gasteiger partial charge in [0.05, 0.1) is 6.61 Å². The van der Waals surface area contributed by atoms with E-state index in [9.17, 15) is 13.2 Å². The second-order valence-electron chi connectivity index (χ2n) is 5.43. The van der Waals surface area contributed by atoms with Crippen LogP contribution < -0.4 is 15.0 Å². The van der Waals surface area contributed by atoms with Crippen LogP contribution in [0.5, 0.6) is 5.75 Å². The van der Waals surface area contributed by atoms with Gasteiger partial charge in [-0.2, -0.15) is 0 Å². The Balaban J connectivity index is 1.82. The number of hydrogen-bond acceptors (Lipinski definition) is 5. The number of amides is 1. The predicted molar refractivity (Wildman–Crippen MR) is 98.2 cm³/mol. The molecule has 0 unspecified atom stereocenters. The predicted octanol–water partition coefficient (Wildman–Crippen LogP) is 3.33. The molecule has 2 rings (SSSR count). The Morgan fingerprint density at radius 3 is 2.52 bits per heavy atom. The lowest BCUT2D eigenvalue weighted by Crippen LogP contribution is -2.41. The van der Waals surface area contributed by atoms with Crippen LogP contribution >= 0.6 is 11.3 Å². The van der Waals surface area contributed by atoms with E-state index in [1.54, 1.807) is 35.7 Å². The van der Waals surface area contributed by atoms with Crippen LogP contribution in [0.2, 0.25) is 0 Å². The molecule has 1 heterocycles. The molecule has 0 aliphatic heterocycles. The minimum atomic E-state index is -3.74. The fourth-order valence-electron chi connectivity index (χ4n) is 2.07. The molecule has 25 heavy (non-hydrogen) atoms. The van der Waals surface area contributed by atoms with Crippen LogP contribution in [0.4, 0.5) is 0 Å². The van der Waals surface area contributed by atoms with Crippen LogP contribution in [-0.4, -0.2) is 20.9 Å². The van der Waals surface area contributed by atoms with Gasteiger partial charge in [0.25, 0.3) is 15.9 Å². The van der Waals surface area contributed by atoms with E-state index in [0.717, 1.165) is 24.2 Å². The third kappa shape index (κ3) is 6.15. The molecule has 0 aliphatic rings. The molecule has 0 fully saturated rings. The molecule has 0 saturated carbocycles. The van der Waals surface area contributed by atoms with Gasteiger partial charge in [0.2, 0.25) is 0 Å². The molecular weight excluding hydrogens is 360 g/mol. The highest BCUT2D eigenvalue weighted by Gasteiger charge is 2.16. The summed E-state index contributed by atoms with van der Waals surface area (Å²) < 4.78 is 29.6. The first-order valence-corrected chi connectivity index (χ1v) is 10.5. The molecule has 0 atom stereocenters. The van der Waals surface area contributed by atoms with Crippen LogP contribution in [0.25, 0.3) is 0 Å². The molecule has 1 aromatic carbocycles. The molecule has 2 N–H and O–H groups in total. The number of benzene rings is 1. The maximum absolute atomic E-state index is 12.0. The standard InChI is InChI=1S/C17H22N2O4S2/c1-2-3-4-5-12-23-15-10-8-14(9-11-15)17(20)18-19-25(21,22)16-7-6-13-24-16/h6-11,13,19H,2-5,12H2,1H3,(H,18,20). The molecule has 0 aliphatic carbocycles. The molecule has 2 aromatic rings. The van der Waals surface area contributed by atoms with Crippen molar-refractivity contribution >= 4 is 27.3 Å². The van der Waals surface area contributed by atoms with E-state index in [1.807, 2.05) is 0 Å². The number of hydrogen-bond donors (Lipinski definition) is 2. The third-order valence-corrected chi connectivity index (χ3v) is 6.09. The Hall–Kier alpha value is -1.90. The largest absolute Gasteiger partial charge is 0.494 e. The summed E-state index contributed by atoms with van der Waals surface area (Å²) in [4.78, 5) is 14.1. The quantitative estimate of drug-likeness (QED) is 0.488. The van der Waals surface area contributed by atoms with E-state index in [2.05, 4.69) is 17.2 Å². The van der Waals surface area contributed by atoms with Crippen molar-refractivity contribution in [1.29, 1.82) is 0 Å². The van der Waals surface area contributed by atoms with E-state index in [4.69, 9.17) is 4.74 Å². The molecule has 8 heteroatoms. The van der Waals surface area contributed by atoms with Crippen molar-refractivity contribution in [2.24, 2.45) is 0 Å². The smallest absolute Gasteiger partial charge is 0.266 e. The monoisotopic (exact) mass is 382 g/mol. The summed E-state index contributed by atoms with van der Waals surface area (Å²) >= 11 is 1.07. The molecule has 136 valence electrons. The van der Waals surface area contributed by atoms with Gasteiger partial charge in [-0.3, -0.25) is 10.2 Å². The van der Waals surface area contributed by atoms with Gasteiger partial charge in [0.1, 0.15) is 9.96 Å². The highest BCUT2D eigenvalue weighted by Crippen LogP contribution is 2.15. The van der Waals surface area contributed by atoms with Crippen LogP contribution in [0, 0.1) is 0 Å². The lowest BCUT2D eigenvalue weighted by Gasteiger charge is -2.09. The number of rotatable bonds is 10. The summed E-state index contributed by atoms with van der Waals surface area (Å²) in [5, 5.41) is 1.65. The number of hydrazine groups is 1. The Kier molecular flexibility index (Phi) is 7.42. The summed E-state index contributed by atoms with van der Waals surface area (Å²) in [5.41, 5.74) is 2.54. The molecule has 0 saturated heterocycles. The van der Waals surface area contributed by atoms with E-state index in [1.165, 1.54) is 18.9 Å². The summed E-state index contributed by atoms with van der Waals surface area (Å²) in [6, 6.07) is 9.67. The highest BCUT2D eigenvalue weighted by atomic mass is 32.2. The Morgan fingerprint density at radius 1 is 1.12 bits per heavy atom. The van der Waals surface area contributed by atoms with Crippen molar-refractivity contribution in [2.45, 2.75) is 36.8 Å². The van der Waals surface area contributed by atoms with Gasteiger partial charge < -0.3 is 4.74 Å². The van der Waals surface area contributed by atoms with Gasteiger partial charge in [-0.05, 0) is 42.1 Å². The first kappa shape index (κ1) is 19.4. The minimum Gasteiger partial charge on any atom is -0.494 e. The SMILES string of the molecule is CCCCCCOc1ccc(C(=O)NNS(=O)(=O)c2cccs2)cc1. The number of ether oxygens (including phenoxy) is 1. The van der Waals surface area contributed by atoms with E-state index < -0.39 is 15.9 Å². The second-order valence-corrected chi connectivity index (χ2v) is 8.28. The number of thiophene rings is 1. The van der Waals surface area contributed by atoms with Crippen molar-refractivity contribution in [2.75, 3.05) is 6.61 Å². The first-order chi connectivity index (χ1) is 12.0. The Morgan fingerprint density at radius 2 is 1.88 bits per heavy atom. The molecular formula is C17H22N2O4S2. The third-order valence-electron chi connectivity index (χ3n) is 3.44. The van der Waals surface area contributed by atoms with E-state index >= 15 is 0 Å². The summed E-state index contributed by atoms with van der Waals surface area (Å²) in [7, 11) is -3.74. The van der Waals surface area contributed by atoms with Crippen molar-refractivity contribution in [3.8, 4) is 5.75 Å². The Bertz CT molecular complexity index is 756. The Labute approximate surface area is 152 Å². The number of sulfonamides is 1. The molecule has 6 nitrogen and oxygen atoms in total. The fraction of sp³-hybridized carbons (Fsp3) is 0.353. The number of carbonyl (C=O) groups is 1. The maximum atomic E-state index is 12.0. The number of unbranched alkanes of at least 4 members (excludes halogenated alkanes) is 3. The van der Waals surface area contributed by atoms with Gasteiger partial charge in [0.15, 0.2) is 0 Å². The first-order valence-electron chi connectivity index (χ1n) is 8.11. The van der Waals surface area contributed by atoms with E-state index in [0.29, 0.717) is 17.9 Å². The van der Waals surface area contributed by atoms with Crippen molar-refractivity contribution in [3.63, 3.8) is 0 Å². The van der Waals surface area contributed by atoms with Gasteiger partial charge in [-0.15, -0.1) is 16.2 Å². The zero-order valence-corrected chi connectivity index (χ0v) is 15.7. The summed E-state index contributed by atoms with van der Waals surface area (Å²) in [6.07, 6.45) is 4.52. The topological polar surface area (TPSA) is 84.5 Å². The van der Waals surface area contributed by atoms with Crippen LogP contribution in [0.1, 0.15) is 43.0 Å². The molecule has 1 aromatic heterocycles. The van der Waals surface area contributed by atoms with Crippen molar-refractivity contribution in [3.05, 3.63) is 47.3 Å². The highest BCUT2D eigenvalue weighted by molar-refractivity contribution is 7.91. The molecule has 0 radical (unpaired) electrons. The average Bonchev–Trinajstić information content (AvgIpc) is 3.16. The number of carbonyl (C=O) groups excluding carboxylic acids is 1. The van der Waals surface area contributed by atoms with Crippen LogP contribution in [0.3, 0.4) is 0 Å². The van der Waals surface area contributed by atoms with Gasteiger partial charge >= 0.3 is 0 Å². The molecule has 0 bridgehead atoms. The second kappa shape index (κ2) is 9.55. The maximum Gasteiger partial charge on any atom is 0.266 e. The van der Waals surface area contributed by atoms with Crippen molar-refractivity contribution in [1.82, 2.24) is 10.3 Å². The molecule has 1 amide bonds. The average molecular weight is 383 g/mol. The zero-order valence-electron chi connectivity index (χ0n) is 14.0. The molecule has 0 spiro atoms. The van der Waals surface area contributed by atoms with Crippen LogP contribution in [-0.2, 0) is 10.0 Å².